The van der Waals surface area contributed by atoms with E-state index in [1.807, 2.05) is 4.90 Å². The predicted octanol–water partition coefficient (Wildman–Crippen LogP) is 3.86. The van der Waals surface area contributed by atoms with E-state index < -0.39 is 35.9 Å². The molecule has 2 aliphatic heterocycles. The Morgan fingerprint density at radius 1 is 1.16 bits per heavy atom. The Kier molecular flexibility index (Phi) is 7.47. The van der Waals surface area contributed by atoms with Crippen LogP contribution in [0.4, 0.5) is 17.6 Å². The molecule has 2 fully saturated rings. The van der Waals surface area contributed by atoms with Crippen molar-refractivity contribution in [1.82, 2.24) is 15.1 Å². The van der Waals surface area contributed by atoms with Crippen molar-refractivity contribution in [3.63, 3.8) is 0 Å². The van der Waals surface area contributed by atoms with Gasteiger partial charge in [-0.2, -0.15) is 13.2 Å². The highest BCUT2D eigenvalue weighted by Gasteiger charge is 2.48. The van der Waals surface area contributed by atoms with Gasteiger partial charge in [0.25, 0.3) is 5.91 Å². The first-order chi connectivity index (χ1) is 14.6. The minimum Gasteiger partial charge on any atom is -0.352 e. The van der Waals surface area contributed by atoms with Crippen LogP contribution in [0.25, 0.3) is 0 Å². The summed E-state index contributed by atoms with van der Waals surface area (Å²) in [5.74, 6) is -1.31. The average molecular weight is 464 g/mol. The first kappa shape index (κ1) is 23.8. The number of carbonyl (C=O) groups is 2. The lowest BCUT2D eigenvalue weighted by Crippen LogP contribution is -2.54. The second-order valence-electron chi connectivity index (χ2n) is 8.25. The van der Waals surface area contributed by atoms with Crippen LogP contribution in [-0.4, -0.2) is 66.1 Å². The third-order valence-corrected chi connectivity index (χ3v) is 6.36. The van der Waals surface area contributed by atoms with Crippen LogP contribution in [0.5, 0.6) is 0 Å². The summed E-state index contributed by atoms with van der Waals surface area (Å²) in [6, 6.07) is 1.32. The molecule has 1 N–H and O–H groups in total. The van der Waals surface area contributed by atoms with E-state index in [4.69, 9.17) is 11.6 Å². The molecule has 10 heteroatoms. The SMILES string of the molecule is CC(C(=O)N1CCC[C@@H]1C(F)(F)F)N1CCC(CNC(=O)c2cc(F)cc(Cl)c2)CC1. The van der Waals surface area contributed by atoms with Gasteiger partial charge in [-0.25, -0.2) is 4.39 Å². The van der Waals surface area contributed by atoms with E-state index in [9.17, 15) is 27.2 Å². The number of likely N-dealkylation sites (tertiary alicyclic amines) is 2. The van der Waals surface area contributed by atoms with Crippen LogP contribution in [0.2, 0.25) is 5.02 Å². The zero-order valence-electron chi connectivity index (χ0n) is 17.2. The predicted molar refractivity (Wildman–Crippen MR) is 108 cm³/mol. The summed E-state index contributed by atoms with van der Waals surface area (Å²) < 4.78 is 52.9. The van der Waals surface area contributed by atoms with Crippen molar-refractivity contribution in [3.8, 4) is 0 Å². The van der Waals surface area contributed by atoms with Gasteiger partial charge in [-0.1, -0.05) is 11.6 Å². The van der Waals surface area contributed by atoms with Gasteiger partial charge in [0.2, 0.25) is 5.91 Å². The number of halogens is 5. The van der Waals surface area contributed by atoms with E-state index in [1.54, 1.807) is 6.92 Å². The van der Waals surface area contributed by atoms with Gasteiger partial charge in [0, 0.05) is 23.7 Å². The lowest BCUT2D eigenvalue weighted by Gasteiger charge is -2.38. The number of piperidine rings is 1. The summed E-state index contributed by atoms with van der Waals surface area (Å²) in [5.41, 5.74) is 0.145. The maximum Gasteiger partial charge on any atom is 0.408 e. The molecular weight excluding hydrogens is 438 g/mol. The van der Waals surface area contributed by atoms with Gasteiger partial charge in [-0.3, -0.25) is 14.5 Å². The first-order valence-corrected chi connectivity index (χ1v) is 10.8. The van der Waals surface area contributed by atoms with Gasteiger partial charge < -0.3 is 10.2 Å². The topological polar surface area (TPSA) is 52.7 Å². The number of amides is 2. The van der Waals surface area contributed by atoms with Gasteiger partial charge in [-0.15, -0.1) is 0 Å². The largest absolute Gasteiger partial charge is 0.408 e. The monoisotopic (exact) mass is 463 g/mol. The maximum atomic E-state index is 13.4. The summed E-state index contributed by atoms with van der Waals surface area (Å²) in [5, 5.41) is 2.92. The molecule has 5 nitrogen and oxygen atoms in total. The van der Waals surface area contributed by atoms with Crippen molar-refractivity contribution in [2.75, 3.05) is 26.2 Å². The molecule has 0 radical (unpaired) electrons. The third kappa shape index (κ3) is 5.88. The molecule has 0 saturated carbocycles. The van der Waals surface area contributed by atoms with E-state index in [0.29, 0.717) is 38.9 Å². The number of benzene rings is 1. The highest BCUT2D eigenvalue weighted by atomic mass is 35.5. The van der Waals surface area contributed by atoms with Crippen molar-refractivity contribution in [2.45, 2.75) is 50.9 Å². The summed E-state index contributed by atoms with van der Waals surface area (Å²) >= 11 is 5.78. The summed E-state index contributed by atoms with van der Waals surface area (Å²) in [4.78, 5) is 27.8. The Labute approximate surface area is 183 Å². The molecule has 2 amide bonds. The van der Waals surface area contributed by atoms with E-state index in [2.05, 4.69) is 5.32 Å². The fraction of sp³-hybridized carbons (Fsp3) is 0.619. The summed E-state index contributed by atoms with van der Waals surface area (Å²) in [6.07, 6.45) is -2.68. The molecule has 0 spiro atoms. The number of hydrogen-bond donors (Lipinski definition) is 1. The van der Waals surface area contributed by atoms with Crippen LogP contribution in [0.1, 0.15) is 43.0 Å². The standard InChI is InChI=1S/C21H26ClF4N3O2/c1-13(20(31)29-6-2-3-18(29)21(24,25)26)28-7-4-14(5-8-28)12-27-19(30)15-9-16(22)11-17(23)10-15/h9-11,13-14,18H,2-8,12H2,1H3,(H,27,30)/t13?,18-/m1/s1. The van der Waals surface area contributed by atoms with Crippen molar-refractivity contribution in [1.29, 1.82) is 0 Å². The van der Waals surface area contributed by atoms with Crippen molar-refractivity contribution >= 4 is 23.4 Å². The Balaban J connectivity index is 1.48. The van der Waals surface area contributed by atoms with Gasteiger partial charge >= 0.3 is 6.18 Å². The number of nitrogens with zero attached hydrogens (tertiary/aromatic N) is 2. The van der Waals surface area contributed by atoms with Crippen LogP contribution >= 0.6 is 11.6 Å². The highest BCUT2D eigenvalue weighted by molar-refractivity contribution is 6.31. The third-order valence-electron chi connectivity index (χ3n) is 6.14. The normalized spacial score (nSPS) is 21.9. The summed E-state index contributed by atoms with van der Waals surface area (Å²) in [7, 11) is 0. The minimum atomic E-state index is -4.40. The van der Waals surface area contributed by atoms with E-state index in [1.165, 1.54) is 6.07 Å². The fourth-order valence-electron chi connectivity index (χ4n) is 4.34. The smallest absolute Gasteiger partial charge is 0.352 e. The molecular formula is C21H26ClF4N3O2. The number of alkyl halides is 3. The van der Waals surface area contributed by atoms with Gasteiger partial charge in [0.05, 0.1) is 6.04 Å². The molecule has 0 bridgehead atoms. The summed E-state index contributed by atoms with van der Waals surface area (Å²) in [6.45, 7) is 3.31. The van der Waals surface area contributed by atoms with Gasteiger partial charge in [0.1, 0.15) is 11.9 Å². The number of nitrogens with one attached hydrogen (secondary N) is 1. The Morgan fingerprint density at radius 2 is 1.84 bits per heavy atom. The minimum absolute atomic E-state index is 0.0414. The van der Waals surface area contributed by atoms with Gasteiger partial charge in [-0.05, 0) is 69.8 Å². The second kappa shape index (κ2) is 9.73. The Hall–Kier alpha value is -1.87. The fourth-order valence-corrected chi connectivity index (χ4v) is 4.56. The zero-order valence-corrected chi connectivity index (χ0v) is 18.0. The average Bonchev–Trinajstić information content (AvgIpc) is 3.21. The molecule has 1 unspecified atom stereocenters. The lowest BCUT2D eigenvalue weighted by molar-refractivity contribution is -0.184. The maximum absolute atomic E-state index is 13.4. The highest BCUT2D eigenvalue weighted by Crippen LogP contribution is 2.33. The molecule has 172 valence electrons. The molecule has 2 heterocycles. The van der Waals surface area contributed by atoms with E-state index in [-0.39, 0.29) is 29.5 Å². The van der Waals surface area contributed by atoms with Crippen LogP contribution < -0.4 is 5.32 Å². The quantitative estimate of drug-likeness (QED) is 0.675. The van der Waals surface area contributed by atoms with Crippen LogP contribution in [0.15, 0.2) is 18.2 Å². The molecule has 1 aromatic carbocycles. The lowest BCUT2D eigenvalue weighted by atomic mass is 9.95. The Bertz CT molecular complexity index is 792. The van der Waals surface area contributed by atoms with Crippen molar-refractivity contribution in [2.24, 2.45) is 5.92 Å². The second-order valence-corrected chi connectivity index (χ2v) is 8.69. The molecule has 0 aliphatic carbocycles. The van der Waals surface area contributed by atoms with Crippen LogP contribution in [-0.2, 0) is 4.79 Å². The molecule has 0 aromatic heterocycles. The molecule has 31 heavy (non-hydrogen) atoms. The Morgan fingerprint density at radius 3 is 2.45 bits per heavy atom. The van der Waals surface area contributed by atoms with Gasteiger partial charge in [0.15, 0.2) is 0 Å². The zero-order chi connectivity index (χ0) is 22.8. The van der Waals surface area contributed by atoms with Crippen LogP contribution in [0.3, 0.4) is 0 Å². The molecule has 3 rings (SSSR count). The number of rotatable bonds is 5. The molecule has 2 aliphatic rings. The molecule has 2 saturated heterocycles. The number of hydrogen-bond acceptors (Lipinski definition) is 3. The first-order valence-electron chi connectivity index (χ1n) is 10.4. The number of carbonyl (C=O) groups excluding carboxylic acids is 2. The van der Waals surface area contributed by atoms with Crippen LogP contribution in [0, 0.1) is 11.7 Å². The molecule has 1 aromatic rings. The van der Waals surface area contributed by atoms with E-state index in [0.717, 1.165) is 17.0 Å². The molecule has 2 atom stereocenters. The van der Waals surface area contributed by atoms with Crippen molar-refractivity contribution in [3.05, 3.63) is 34.6 Å². The van der Waals surface area contributed by atoms with Crippen molar-refractivity contribution < 1.29 is 27.2 Å². The van der Waals surface area contributed by atoms with E-state index >= 15 is 0 Å².